The summed E-state index contributed by atoms with van der Waals surface area (Å²) in [6.45, 7) is 2.56. The standard InChI is InChI=1S/C26H32N4O4/c1-34-24-10-19(7-8-22(24)20-13-28-29-14-20)26(33)30-15-21(31)11-23(30)17-3-2-4-18(9-17)25(32)27-12-16-5-6-16/h2-4,7-10,16,20-21,23,28-29,31H,5-6,11-15H2,1H3,(H,27,32)/t21?,23-/m1/s1. The Bertz CT molecular complexity index is 1060. The van der Waals surface area contributed by atoms with Gasteiger partial charge in [0.15, 0.2) is 0 Å². The van der Waals surface area contributed by atoms with Crippen LogP contribution in [0.4, 0.5) is 0 Å². The van der Waals surface area contributed by atoms with E-state index in [1.807, 2.05) is 30.3 Å². The molecular weight excluding hydrogens is 432 g/mol. The molecule has 0 radical (unpaired) electrons. The van der Waals surface area contributed by atoms with Gasteiger partial charge in [-0.15, -0.1) is 0 Å². The Morgan fingerprint density at radius 1 is 1.12 bits per heavy atom. The average Bonchev–Trinajstić information content (AvgIpc) is 3.37. The third-order valence-electron chi connectivity index (χ3n) is 7.06. The van der Waals surface area contributed by atoms with Gasteiger partial charge in [0.25, 0.3) is 11.8 Å². The van der Waals surface area contributed by atoms with Gasteiger partial charge >= 0.3 is 0 Å². The number of aliphatic hydroxyl groups is 1. The van der Waals surface area contributed by atoms with Crippen LogP contribution in [0.25, 0.3) is 0 Å². The first kappa shape index (κ1) is 22.8. The maximum Gasteiger partial charge on any atom is 0.254 e. The van der Waals surface area contributed by atoms with Crippen LogP contribution in [0, 0.1) is 5.92 Å². The zero-order chi connectivity index (χ0) is 23.7. The Hall–Kier alpha value is -2.94. The fraction of sp³-hybridized carbons (Fsp3) is 0.462. The van der Waals surface area contributed by atoms with Gasteiger partial charge in [0.1, 0.15) is 5.75 Å². The van der Waals surface area contributed by atoms with Crippen LogP contribution in [0.3, 0.4) is 0 Å². The zero-order valence-electron chi connectivity index (χ0n) is 19.4. The molecule has 2 aromatic rings. The largest absolute Gasteiger partial charge is 0.496 e. The molecule has 0 aromatic heterocycles. The molecule has 0 spiro atoms. The number of carbonyl (C=O) groups excluding carboxylic acids is 2. The van der Waals surface area contributed by atoms with Crippen molar-refractivity contribution >= 4 is 11.8 Å². The molecule has 8 heteroatoms. The molecule has 180 valence electrons. The lowest BCUT2D eigenvalue weighted by Gasteiger charge is -2.26. The van der Waals surface area contributed by atoms with Crippen LogP contribution in [0.1, 0.15) is 63.1 Å². The smallest absolute Gasteiger partial charge is 0.254 e. The molecule has 2 atom stereocenters. The Kier molecular flexibility index (Phi) is 6.54. The zero-order valence-corrected chi connectivity index (χ0v) is 19.4. The molecule has 2 amide bonds. The van der Waals surface area contributed by atoms with E-state index in [9.17, 15) is 14.7 Å². The molecule has 1 saturated carbocycles. The van der Waals surface area contributed by atoms with E-state index in [4.69, 9.17) is 4.74 Å². The summed E-state index contributed by atoms with van der Waals surface area (Å²) < 4.78 is 5.61. The van der Waals surface area contributed by atoms with Gasteiger partial charge in [-0.05, 0) is 60.6 Å². The molecule has 34 heavy (non-hydrogen) atoms. The number of ether oxygens (including phenoxy) is 1. The summed E-state index contributed by atoms with van der Waals surface area (Å²) in [5.41, 5.74) is 9.27. The number of hydrogen-bond donors (Lipinski definition) is 4. The van der Waals surface area contributed by atoms with E-state index in [1.54, 1.807) is 24.1 Å². The third kappa shape index (κ3) is 4.80. The Morgan fingerprint density at radius 3 is 2.65 bits per heavy atom. The molecule has 1 aliphatic carbocycles. The maximum atomic E-state index is 13.5. The van der Waals surface area contributed by atoms with Crippen LogP contribution >= 0.6 is 0 Å². The minimum Gasteiger partial charge on any atom is -0.496 e. The molecule has 4 N–H and O–H groups in total. The Balaban J connectivity index is 1.36. The summed E-state index contributed by atoms with van der Waals surface area (Å²) >= 11 is 0. The first-order chi connectivity index (χ1) is 16.5. The van der Waals surface area contributed by atoms with Gasteiger partial charge in [0.05, 0.1) is 19.3 Å². The van der Waals surface area contributed by atoms with Crippen molar-refractivity contribution in [3.05, 3.63) is 64.7 Å². The average molecular weight is 465 g/mol. The van der Waals surface area contributed by atoms with Gasteiger partial charge in [-0.2, -0.15) is 0 Å². The summed E-state index contributed by atoms with van der Waals surface area (Å²) in [7, 11) is 1.62. The van der Waals surface area contributed by atoms with Crippen molar-refractivity contribution in [2.45, 2.75) is 37.3 Å². The number of hydrogen-bond acceptors (Lipinski definition) is 6. The van der Waals surface area contributed by atoms with E-state index >= 15 is 0 Å². The second kappa shape index (κ2) is 9.74. The van der Waals surface area contributed by atoms with E-state index in [0.29, 0.717) is 35.8 Å². The predicted octanol–water partition coefficient (Wildman–Crippen LogP) is 1.97. The van der Waals surface area contributed by atoms with Crippen molar-refractivity contribution in [1.29, 1.82) is 0 Å². The van der Waals surface area contributed by atoms with Gasteiger partial charge in [-0.3, -0.25) is 20.4 Å². The minimum atomic E-state index is -0.613. The first-order valence-electron chi connectivity index (χ1n) is 12.0. The number of likely N-dealkylation sites (tertiary alicyclic amines) is 1. The number of nitrogens with one attached hydrogen (secondary N) is 3. The van der Waals surface area contributed by atoms with Crippen LogP contribution in [0.15, 0.2) is 42.5 Å². The number of β-amino-alcohol motifs (C(OH)–C–C–N with tert-alkyl or cyclic N) is 1. The Morgan fingerprint density at radius 2 is 1.91 bits per heavy atom. The van der Waals surface area contributed by atoms with Gasteiger partial charge in [0.2, 0.25) is 0 Å². The number of rotatable bonds is 7. The van der Waals surface area contributed by atoms with Crippen molar-refractivity contribution in [2.24, 2.45) is 5.92 Å². The van der Waals surface area contributed by atoms with Crippen molar-refractivity contribution in [2.75, 3.05) is 33.3 Å². The van der Waals surface area contributed by atoms with Crippen molar-refractivity contribution < 1.29 is 19.4 Å². The molecule has 2 saturated heterocycles. The monoisotopic (exact) mass is 464 g/mol. The summed E-state index contributed by atoms with van der Waals surface area (Å²) in [4.78, 5) is 27.8. The molecule has 2 aliphatic heterocycles. The number of nitrogens with zero attached hydrogens (tertiary/aromatic N) is 1. The highest BCUT2D eigenvalue weighted by atomic mass is 16.5. The molecule has 0 bridgehead atoms. The maximum absolute atomic E-state index is 13.5. The lowest BCUT2D eigenvalue weighted by atomic mass is 9.97. The minimum absolute atomic E-state index is 0.0959. The first-order valence-corrected chi connectivity index (χ1v) is 12.0. The highest BCUT2D eigenvalue weighted by Gasteiger charge is 2.36. The molecule has 8 nitrogen and oxygen atoms in total. The van der Waals surface area contributed by atoms with Gasteiger partial charge in [0, 0.05) is 43.2 Å². The van der Waals surface area contributed by atoms with Crippen molar-refractivity contribution in [3.63, 3.8) is 0 Å². The number of amides is 2. The summed E-state index contributed by atoms with van der Waals surface area (Å²) in [6.07, 6.45) is 2.18. The van der Waals surface area contributed by atoms with E-state index in [2.05, 4.69) is 16.2 Å². The van der Waals surface area contributed by atoms with E-state index < -0.39 is 6.10 Å². The lowest BCUT2D eigenvalue weighted by Crippen LogP contribution is -2.32. The Labute approximate surface area is 199 Å². The summed E-state index contributed by atoms with van der Waals surface area (Å²) in [5.74, 6) is 1.31. The number of benzene rings is 2. The van der Waals surface area contributed by atoms with Crippen LogP contribution in [-0.2, 0) is 0 Å². The van der Waals surface area contributed by atoms with Gasteiger partial charge in [-0.1, -0.05) is 18.2 Å². The molecule has 5 rings (SSSR count). The SMILES string of the molecule is COc1cc(C(=O)N2CC(O)C[C@@H]2c2cccc(C(=O)NCC3CC3)c2)ccc1C1CNNC1. The lowest BCUT2D eigenvalue weighted by molar-refractivity contribution is 0.0715. The fourth-order valence-electron chi connectivity index (χ4n) is 4.93. The number of carbonyl (C=O) groups is 2. The summed E-state index contributed by atoms with van der Waals surface area (Å²) in [6, 6.07) is 12.7. The van der Waals surface area contributed by atoms with Crippen LogP contribution < -0.4 is 20.9 Å². The predicted molar refractivity (Wildman–Crippen MR) is 128 cm³/mol. The van der Waals surface area contributed by atoms with Gasteiger partial charge in [-0.25, -0.2) is 0 Å². The molecule has 2 heterocycles. The van der Waals surface area contributed by atoms with Gasteiger partial charge < -0.3 is 20.1 Å². The molecule has 1 unspecified atom stereocenters. The molecule has 3 fully saturated rings. The van der Waals surface area contributed by atoms with E-state index in [0.717, 1.165) is 24.2 Å². The molecule has 3 aliphatic rings. The summed E-state index contributed by atoms with van der Waals surface area (Å²) in [5, 5.41) is 13.4. The van der Waals surface area contributed by atoms with E-state index in [1.165, 1.54) is 12.8 Å². The third-order valence-corrected chi connectivity index (χ3v) is 7.06. The highest BCUT2D eigenvalue weighted by molar-refractivity contribution is 5.96. The van der Waals surface area contributed by atoms with Crippen LogP contribution in [-0.4, -0.2) is 61.2 Å². The molecular formula is C26H32N4O4. The van der Waals surface area contributed by atoms with Crippen molar-refractivity contribution in [1.82, 2.24) is 21.1 Å². The number of hydrazine groups is 1. The van der Waals surface area contributed by atoms with Crippen LogP contribution in [0.5, 0.6) is 5.75 Å². The second-order valence-corrected chi connectivity index (χ2v) is 9.56. The van der Waals surface area contributed by atoms with Crippen LogP contribution in [0.2, 0.25) is 0 Å². The highest BCUT2D eigenvalue weighted by Crippen LogP contribution is 2.35. The second-order valence-electron chi connectivity index (χ2n) is 9.56. The molecule has 2 aromatic carbocycles. The number of methoxy groups -OCH3 is 1. The fourth-order valence-corrected chi connectivity index (χ4v) is 4.93. The topological polar surface area (TPSA) is 103 Å². The van der Waals surface area contributed by atoms with Crippen molar-refractivity contribution in [3.8, 4) is 5.75 Å². The normalized spacial score (nSPS) is 22.7. The number of aliphatic hydroxyl groups excluding tert-OH is 1. The van der Waals surface area contributed by atoms with E-state index in [-0.39, 0.29) is 30.3 Å². The quantitative estimate of drug-likeness (QED) is 0.500.